The van der Waals surface area contributed by atoms with Gasteiger partial charge in [-0.1, -0.05) is 18.2 Å². The topological polar surface area (TPSA) is 30.7 Å². The first-order chi connectivity index (χ1) is 13.7. The predicted octanol–water partition coefficient (Wildman–Crippen LogP) is 5.75. The van der Waals surface area contributed by atoms with Crippen LogP contribution in [-0.4, -0.2) is 44.6 Å². The number of benzene rings is 1. The number of alkyl halides is 13. The Balaban J connectivity index is 2.70. The molecular weight excluding hydrogens is 489 g/mol. The standard InChI is InChI=1S/C14H6F13N3S/c15-9(16,7-28-29-8(31)30(7)6-4-2-1-3-5-6)10(17,18)11(19,20)12(21,22)13(23,24)14(25,26)27/h1-5H,(H,29,31). The van der Waals surface area contributed by atoms with Gasteiger partial charge in [0.2, 0.25) is 5.82 Å². The van der Waals surface area contributed by atoms with Gasteiger partial charge >= 0.3 is 35.8 Å². The van der Waals surface area contributed by atoms with Crippen molar-refractivity contribution in [3.63, 3.8) is 0 Å². The van der Waals surface area contributed by atoms with E-state index < -0.39 is 52.5 Å². The molecule has 0 bridgehead atoms. The van der Waals surface area contributed by atoms with Crippen molar-refractivity contribution in [1.82, 2.24) is 14.8 Å². The van der Waals surface area contributed by atoms with Crippen LogP contribution in [-0.2, 0) is 5.92 Å². The number of hydrogen-bond acceptors (Lipinski definition) is 3. The number of para-hydroxylation sites is 1. The highest BCUT2D eigenvalue weighted by atomic mass is 32.1. The average Bonchev–Trinajstić information content (AvgIpc) is 3.03. The number of halogens is 13. The number of nitrogens with zero attached hydrogens (tertiary/aromatic N) is 3. The number of hydrogen-bond donors (Lipinski definition) is 1. The van der Waals surface area contributed by atoms with Gasteiger partial charge in [-0.2, -0.15) is 57.1 Å². The van der Waals surface area contributed by atoms with Crippen LogP contribution < -0.4 is 0 Å². The number of rotatable bonds is 6. The van der Waals surface area contributed by atoms with Gasteiger partial charge in [0.05, 0.1) is 0 Å². The highest BCUT2D eigenvalue weighted by molar-refractivity contribution is 7.80. The van der Waals surface area contributed by atoms with E-state index in [-0.39, 0.29) is 4.57 Å². The molecule has 17 heteroatoms. The van der Waals surface area contributed by atoms with Crippen LogP contribution in [0.15, 0.2) is 35.5 Å². The second-order valence-electron chi connectivity index (χ2n) is 5.86. The molecule has 0 aliphatic heterocycles. The number of aromatic nitrogens is 3. The van der Waals surface area contributed by atoms with Gasteiger partial charge in [0, 0.05) is 5.69 Å². The molecule has 0 aliphatic rings. The summed E-state index contributed by atoms with van der Waals surface area (Å²) in [7, 11) is 0. The number of thiol groups is 1. The zero-order chi connectivity index (χ0) is 24.3. The lowest BCUT2D eigenvalue weighted by molar-refractivity contribution is -0.442. The SMILES string of the molecule is FC(F)(F)C(F)(F)C(F)(F)C(F)(F)C(F)(F)C(F)(F)c1nnc(S)n1-c1ccccc1. The molecule has 0 radical (unpaired) electrons. The van der Waals surface area contributed by atoms with E-state index in [9.17, 15) is 57.1 Å². The third-order valence-electron chi connectivity index (χ3n) is 3.87. The van der Waals surface area contributed by atoms with E-state index in [0.717, 1.165) is 24.3 Å². The Hall–Kier alpha value is -2.20. The van der Waals surface area contributed by atoms with E-state index >= 15 is 0 Å². The Labute approximate surface area is 168 Å². The molecule has 0 fully saturated rings. The summed E-state index contributed by atoms with van der Waals surface area (Å²) in [6.07, 6.45) is -7.48. The fourth-order valence-electron chi connectivity index (χ4n) is 2.20. The lowest BCUT2D eigenvalue weighted by atomic mass is 9.93. The van der Waals surface area contributed by atoms with E-state index in [1.54, 1.807) is 0 Å². The molecule has 0 saturated carbocycles. The summed E-state index contributed by atoms with van der Waals surface area (Å²) >= 11 is 3.48. The van der Waals surface area contributed by atoms with Gasteiger partial charge in [-0.25, -0.2) is 0 Å². The predicted molar refractivity (Wildman–Crippen MR) is 78.3 cm³/mol. The van der Waals surface area contributed by atoms with E-state index in [1.807, 2.05) is 0 Å². The van der Waals surface area contributed by atoms with Crippen molar-refractivity contribution in [1.29, 1.82) is 0 Å². The summed E-state index contributed by atoms with van der Waals surface area (Å²) in [6, 6.07) is 5.34. The molecule has 1 aromatic carbocycles. The molecule has 0 spiro atoms. The molecule has 2 aromatic rings. The zero-order valence-electron chi connectivity index (χ0n) is 14.1. The molecule has 0 unspecified atom stereocenters. The van der Waals surface area contributed by atoms with Crippen LogP contribution in [0.25, 0.3) is 5.69 Å². The van der Waals surface area contributed by atoms with Gasteiger partial charge in [0.25, 0.3) is 0 Å². The molecule has 1 aromatic heterocycles. The Morgan fingerprint density at radius 2 is 1.06 bits per heavy atom. The highest BCUT2D eigenvalue weighted by Crippen LogP contribution is 2.62. The van der Waals surface area contributed by atoms with Crippen molar-refractivity contribution in [2.45, 2.75) is 40.9 Å². The Morgan fingerprint density at radius 3 is 1.52 bits per heavy atom. The molecular formula is C14H6F13N3S. The third kappa shape index (κ3) is 3.40. The molecule has 0 amide bonds. The lowest BCUT2D eigenvalue weighted by Crippen LogP contribution is -2.69. The van der Waals surface area contributed by atoms with E-state index in [2.05, 4.69) is 22.8 Å². The normalized spacial score (nSPS) is 14.8. The fraction of sp³-hybridized carbons (Fsp3) is 0.429. The fourth-order valence-corrected chi connectivity index (χ4v) is 2.46. The smallest absolute Gasteiger partial charge is 0.269 e. The summed E-state index contributed by atoms with van der Waals surface area (Å²) in [4.78, 5) is 0. The first-order valence-electron chi connectivity index (χ1n) is 7.41. The minimum absolute atomic E-state index is 0.118. The van der Waals surface area contributed by atoms with Gasteiger partial charge in [0.1, 0.15) is 0 Å². The lowest BCUT2D eigenvalue weighted by Gasteiger charge is -2.39. The Bertz CT molecular complexity index is 937. The summed E-state index contributed by atoms with van der Waals surface area (Å²) in [5, 5.41) is 4.31. The zero-order valence-corrected chi connectivity index (χ0v) is 15.0. The monoisotopic (exact) mass is 495 g/mol. The van der Waals surface area contributed by atoms with Gasteiger partial charge in [-0.15, -0.1) is 22.8 Å². The van der Waals surface area contributed by atoms with Crippen LogP contribution in [0.1, 0.15) is 5.82 Å². The van der Waals surface area contributed by atoms with Crippen molar-refractivity contribution in [2.75, 3.05) is 0 Å². The van der Waals surface area contributed by atoms with E-state index in [0.29, 0.717) is 0 Å². The van der Waals surface area contributed by atoms with Crippen molar-refractivity contribution in [3.05, 3.63) is 36.2 Å². The molecule has 174 valence electrons. The van der Waals surface area contributed by atoms with Crippen LogP contribution in [0, 0.1) is 0 Å². The average molecular weight is 495 g/mol. The molecule has 31 heavy (non-hydrogen) atoms. The Kier molecular flexibility index (Phi) is 5.79. The van der Waals surface area contributed by atoms with Crippen molar-refractivity contribution in [2.24, 2.45) is 0 Å². The van der Waals surface area contributed by atoms with E-state index in [1.165, 1.54) is 6.07 Å². The van der Waals surface area contributed by atoms with Crippen molar-refractivity contribution < 1.29 is 57.1 Å². The first kappa shape index (κ1) is 25.1. The van der Waals surface area contributed by atoms with Gasteiger partial charge in [-0.3, -0.25) is 4.57 Å². The Morgan fingerprint density at radius 1 is 0.613 bits per heavy atom. The molecule has 1 heterocycles. The molecule has 2 rings (SSSR count). The van der Waals surface area contributed by atoms with Gasteiger partial charge < -0.3 is 0 Å². The minimum atomic E-state index is -7.99. The first-order valence-corrected chi connectivity index (χ1v) is 7.86. The maximum Gasteiger partial charge on any atom is 0.460 e. The molecule has 0 aliphatic carbocycles. The maximum absolute atomic E-state index is 14.4. The largest absolute Gasteiger partial charge is 0.460 e. The quantitative estimate of drug-likeness (QED) is 0.409. The van der Waals surface area contributed by atoms with Crippen molar-refractivity contribution in [3.8, 4) is 5.69 Å². The van der Waals surface area contributed by atoms with Crippen molar-refractivity contribution >= 4 is 12.6 Å². The van der Waals surface area contributed by atoms with Crippen LogP contribution in [0.5, 0.6) is 0 Å². The molecule has 3 nitrogen and oxygen atoms in total. The van der Waals surface area contributed by atoms with Crippen LogP contribution in [0.2, 0.25) is 0 Å². The summed E-state index contributed by atoms with van der Waals surface area (Å²) in [5.41, 5.74) is -0.529. The van der Waals surface area contributed by atoms with Crippen LogP contribution in [0.4, 0.5) is 57.1 Å². The third-order valence-corrected chi connectivity index (χ3v) is 4.16. The van der Waals surface area contributed by atoms with Crippen LogP contribution in [0.3, 0.4) is 0 Å². The van der Waals surface area contributed by atoms with Gasteiger partial charge in [-0.05, 0) is 12.1 Å². The summed E-state index contributed by atoms with van der Waals surface area (Å²) in [5.74, 6) is -40.2. The second kappa shape index (κ2) is 7.16. The molecule has 0 saturated heterocycles. The van der Waals surface area contributed by atoms with Crippen LogP contribution >= 0.6 is 12.6 Å². The van der Waals surface area contributed by atoms with E-state index in [4.69, 9.17) is 0 Å². The molecule has 0 atom stereocenters. The second-order valence-corrected chi connectivity index (χ2v) is 6.26. The summed E-state index contributed by atoms with van der Waals surface area (Å²) in [6.45, 7) is 0. The molecule has 0 N–H and O–H groups in total. The highest BCUT2D eigenvalue weighted by Gasteiger charge is 2.91. The maximum atomic E-state index is 14.4. The van der Waals surface area contributed by atoms with Gasteiger partial charge in [0.15, 0.2) is 5.16 Å². The minimum Gasteiger partial charge on any atom is -0.269 e. The summed E-state index contributed by atoms with van der Waals surface area (Å²) < 4.78 is 173.